The average molecular weight is 368 g/mol. The molecule has 5 heteroatoms. The van der Waals surface area contributed by atoms with Crippen molar-refractivity contribution in [3.8, 4) is 11.3 Å². The minimum Gasteiger partial charge on any atom is -0.393 e. The van der Waals surface area contributed by atoms with Crippen molar-refractivity contribution in [3.63, 3.8) is 0 Å². The highest BCUT2D eigenvalue weighted by Gasteiger charge is 2.56. The van der Waals surface area contributed by atoms with E-state index in [-0.39, 0.29) is 17.8 Å². The number of hydrogen-bond donors (Lipinski definition) is 2. The molecule has 0 saturated heterocycles. The highest BCUT2D eigenvalue weighted by atomic mass is 19.1. The standard InChI is InChI=1S/C22H25FN2O2/c23-16-3-1-2-15-18-10-24-11-25(18)17(21(15)16)6-19(26)20-13-4-12-5-14(20)9-22(27,7-12)8-13/h1-3,10-14,17,19-20,26-27H,4-9H2/t12?,13?,14?,17-,19-,20?,22?/m0/s1. The van der Waals surface area contributed by atoms with Crippen molar-refractivity contribution in [2.45, 2.75) is 56.3 Å². The summed E-state index contributed by atoms with van der Waals surface area (Å²) >= 11 is 0. The van der Waals surface area contributed by atoms with Gasteiger partial charge in [-0.15, -0.1) is 0 Å². The molecule has 2 heterocycles. The van der Waals surface area contributed by atoms with Crippen LogP contribution in [0, 0.1) is 29.5 Å². The number of halogens is 1. The largest absolute Gasteiger partial charge is 0.393 e. The molecule has 0 radical (unpaired) electrons. The maximum absolute atomic E-state index is 14.7. The number of hydrogen-bond acceptors (Lipinski definition) is 3. The van der Waals surface area contributed by atoms with Gasteiger partial charge in [0.2, 0.25) is 0 Å². The van der Waals surface area contributed by atoms with E-state index in [4.69, 9.17) is 0 Å². The van der Waals surface area contributed by atoms with Gasteiger partial charge in [-0.25, -0.2) is 9.37 Å². The lowest BCUT2D eigenvalue weighted by atomic mass is 9.49. The Labute approximate surface area is 158 Å². The molecule has 4 bridgehead atoms. The molecule has 2 aromatic rings. The Morgan fingerprint density at radius 2 is 2.00 bits per heavy atom. The minimum absolute atomic E-state index is 0.200. The van der Waals surface area contributed by atoms with Gasteiger partial charge in [-0.05, 0) is 68.3 Å². The monoisotopic (exact) mass is 368 g/mol. The normalized spacial score (nSPS) is 39.4. The first-order valence-electron chi connectivity index (χ1n) is 10.2. The molecule has 4 aliphatic carbocycles. The van der Waals surface area contributed by atoms with Gasteiger partial charge in [-0.1, -0.05) is 12.1 Å². The molecule has 1 aromatic heterocycles. The fourth-order valence-electron chi connectivity index (χ4n) is 7.27. The van der Waals surface area contributed by atoms with E-state index in [2.05, 4.69) is 4.98 Å². The van der Waals surface area contributed by atoms with Crippen LogP contribution >= 0.6 is 0 Å². The number of fused-ring (bicyclic) bond motifs is 3. The lowest BCUT2D eigenvalue weighted by molar-refractivity contribution is -0.174. The Balaban J connectivity index is 1.32. The Morgan fingerprint density at radius 3 is 2.74 bits per heavy atom. The molecule has 142 valence electrons. The van der Waals surface area contributed by atoms with Crippen LogP contribution in [0.5, 0.6) is 0 Å². The number of benzene rings is 1. The second kappa shape index (κ2) is 5.42. The van der Waals surface area contributed by atoms with Gasteiger partial charge in [0.15, 0.2) is 0 Å². The first kappa shape index (κ1) is 16.3. The fraction of sp³-hybridized carbons (Fsp3) is 0.591. The van der Waals surface area contributed by atoms with E-state index in [0.717, 1.165) is 43.4 Å². The number of aromatic nitrogens is 2. The van der Waals surface area contributed by atoms with Crippen molar-refractivity contribution in [2.24, 2.45) is 23.7 Å². The summed E-state index contributed by atoms with van der Waals surface area (Å²) in [5.74, 6) is 1.46. The quantitative estimate of drug-likeness (QED) is 0.871. The molecular formula is C22H25FN2O2. The van der Waals surface area contributed by atoms with E-state index < -0.39 is 11.7 Å². The molecule has 27 heavy (non-hydrogen) atoms. The Morgan fingerprint density at radius 1 is 1.22 bits per heavy atom. The number of nitrogens with zero attached hydrogens (tertiary/aromatic N) is 2. The van der Waals surface area contributed by atoms with E-state index in [0.29, 0.717) is 29.7 Å². The highest BCUT2D eigenvalue weighted by Crippen LogP contribution is 2.59. The summed E-state index contributed by atoms with van der Waals surface area (Å²) in [6.07, 6.45) is 8.43. The van der Waals surface area contributed by atoms with E-state index in [1.807, 2.05) is 10.6 Å². The molecule has 4 atom stereocenters. The van der Waals surface area contributed by atoms with Gasteiger partial charge in [0, 0.05) is 11.1 Å². The molecule has 0 spiro atoms. The SMILES string of the molecule is O[C@@H](C[C@H]1c2c(F)cccc2-c2cncn21)C1C2CC3CC1CC(O)(C3)C2. The Kier molecular flexibility index (Phi) is 3.26. The topological polar surface area (TPSA) is 58.3 Å². The smallest absolute Gasteiger partial charge is 0.129 e. The molecule has 2 unspecified atom stereocenters. The predicted octanol–water partition coefficient (Wildman–Crippen LogP) is 3.53. The van der Waals surface area contributed by atoms with Crippen molar-refractivity contribution >= 4 is 0 Å². The maximum atomic E-state index is 14.7. The third-order valence-electron chi connectivity index (χ3n) is 7.89. The third-order valence-corrected chi connectivity index (χ3v) is 7.89. The van der Waals surface area contributed by atoms with E-state index in [9.17, 15) is 14.6 Å². The van der Waals surface area contributed by atoms with Crippen LogP contribution in [0.1, 0.15) is 50.1 Å². The van der Waals surface area contributed by atoms with Crippen LogP contribution < -0.4 is 0 Å². The summed E-state index contributed by atoms with van der Waals surface area (Å²) in [6.45, 7) is 0. The zero-order chi connectivity index (χ0) is 18.3. The molecule has 4 fully saturated rings. The number of aliphatic hydroxyl groups excluding tert-OH is 1. The third kappa shape index (κ3) is 2.24. The van der Waals surface area contributed by atoms with Crippen LogP contribution in [0.2, 0.25) is 0 Å². The van der Waals surface area contributed by atoms with Crippen molar-refractivity contribution in [1.29, 1.82) is 0 Å². The molecule has 1 aliphatic heterocycles. The fourth-order valence-corrected chi connectivity index (χ4v) is 7.27. The van der Waals surface area contributed by atoms with Crippen LogP contribution in [-0.4, -0.2) is 31.5 Å². The number of imidazole rings is 1. The number of rotatable bonds is 3. The van der Waals surface area contributed by atoms with Gasteiger partial charge in [0.25, 0.3) is 0 Å². The van der Waals surface area contributed by atoms with Crippen LogP contribution in [0.4, 0.5) is 4.39 Å². The Hall–Kier alpha value is -1.72. The van der Waals surface area contributed by atoms with Gasteiger partial charge < -0.3 is 14.8 Å². The summed E-state index contributed by atoms with van der Waals surface area (Å²) in [5, 5.41) is 22.1. The molecular weight excluding hydrogens is 343 g/mol. The Bertz CT molecular complexity index is 893. The summed E-state index contributed by atoms with van der Waals surface area (Å²) in [7, 11) is 0. The van der Waals surface area contributed by atoms with Gasteiger partial charge in [0.05, 0.1) is 36.0 Å². The van der Waals surface area contributed by atoms with Crippen molar-refractivity contribution in [2.75, 3.05) is 0 Å². The zero-order valence-corrected chi connectivity index (χ0v) is 15.3. The molecule has 5 aliphatic rings. The van der Waals surface area contributed by atoms with Crippen LogP contribution in [0.15, 0.2) is 30.7 Å². The van der Waals surface area contributed by atoms with Crippen LogP contribution in [-0.2, 0) is 0 Å². The van der Waals surface area contributed by atoms with Gasteiger partial charge >= 0.3 is 0 Å². The second-order valence-electron chi connectivity index (χ2n) is 9.48. The molecule has 4 saturated carbocycles. The maximum Gasteiger partial charge on any atom is 0.129 e. The molecule has 2 N–H and O–H groups in total. The molecule has 4 nitrogen and oxygen atoms in total. The predicted molar refractivity (Wildman–Crippen MR) is 98.4 cm³/mol. The van der Waals surface area contributed by atoms with E-state index >= 15 is 0 Å². The van der Waals surface area contributed by atoms with E-state index in [1.165, 1.54) is 6.07 Å². The zero-order valence-electron chi connectivity index (χ0n) is 15.3. The van der Waals surface area contributed by atoms with Crippen molar-refractivity contribution in [3.05, 3.63) is 42.1 Å². The molecule has 0 amide bonds. The summed E-state index contributed by atoms with van der Waals surface area (Å²) < 4.78 is 16.7. The van der Waals surface area contributed by atoms with Gasteiger partial charge in [-0.2, -0.15) is 0 Å². The first-order valence-corrected chi connectivity index (χ1v) is 10.2. The van der Waals surface area contributed by atoms with Crippen molar-refractivity contribution in [1.82, 2.24) is 9.55 Å². The summed E-state index contributed by atoms with van der Waals surface area (Å²) in [6, 6.07) is 4.99. The second-order valence-corrected chi connectivity index (χ2v) is 9.48. The lowest BCUT2D eigenvalue weighted by Gasteiger charge is -2.59. The van der Waals surface area contributed by atoms with Crippen molar-refractivity contribution < 1.29 is 14.6 Å². The van der Waals surface area contributed by atoms with Gasteiger partial charge in [0.1, 0.15) is 5.82 Å². The summed E-state index contributed by atoms with van der Waals surface area (Å²) in [4.78, 5) is 4.25. The number of aliphatic hydroxyl groups is 2. The van der Waals surface area contributed by atoms with Crippen LogP contribution in [0.3, 0.4) is 0 Å². The van der Waals surface area contributed by atoms with E-state index in [1.54, 1.807) is 18.6 Å². The average Bonchev–Trinajstić information content (AvgIpc) is 3.16. The first-order chi connectivity index (χ1) is 13.0. The molecule has 7 rings (SSSR count). The highest BCUT2D eigenvalue weighted by molar-refractivity contribution is 5.69. The minimum atomic E-state index is -0.490. The van der Waals surface area contributed by atoms with Crippen LogP contribution in [0.25, 0.3) is 11.3 Å². The lowest BCUT2D eigenvalue weighted by Crippen LogP contribution is -2.57. The molecule has 1 aromatic carbocycles. The summed E-state index contributed by atoms with van der Waals surface area (Å²) in [5.41, 5.74) is 2.03. The van der Waals surface area contributed by atoms with Gasteiger partial charge in [-0.3, -0.25) is 0 Å².